The number of aliphatic hydroxyl groups excluding tert-OH is 1. The lowest BCUT2D eigenvalue weighted by molar-refractivity contribution is 0.214. The van der Waals surface area contributed by atoms with Gasteiger partial charge in [0.15, 0.2) is 0 Å². The van der Waals surface area contributed by atoms with Gasteiger partial charge in [-0.05, 0) is 49.9 Å². The van der Waals surface area contributed by atoms with Crippen molar-refractivity contribution in [2.75, 3.05) is 6.61 Å². The molecule has 1 fully saturated rings. The van der Waals surface area contributed by atoms with E-state index in [2.05, 4.69) is 16.6 Å². The molecule has 0 saturated heterocycles. The summed E-state index contributed by atoms with van der Waals surface area (Å²) in [6, 6.07) is 6.54. The van der Waals surface area contributed by atoms with Gasteiger partial charge in [0.2, 0.25) is 10.0 Å². The minimum absolute atomic E-state index is 0.0302. The first-order chi connectivity index (χ1) is 10.0. The van der Waals surface area contributed by atoms with Crippen LogP contribution in [0.1, 0.15) is 44.6 Å². The monoisotopic (exact) mass is 307 g/mol. The van der Waals surface area contributed by atoms with Crippen LogP contribution in [0, 0.1) is 11.8 Å². The maximum Gasteiger partial charge on any atom is 0.241 e. The highest BCUT2D eigenvalue weighted by molar-refractivity contribution is 7.89. The Bertz CT molecular complexity index is 629. The van der Waals surface area contributed by atoms with Gasteiger partial charge in [-0.25, -0.2) is 13.1 Å². The molecule has 0 atom stereocenters. The Balaban J connectivity index is 2.12. The molecule has 1 aliphatic rings. The SMILES string of the molecule is CCC1(NS(=O)(=O)c2ccc(C#CCCO)cc2)CCC1. The van der Waals surface area contributed by atoms with Crippen molar-refractivity contribution in [1.29, 1.82) is 0 Å². The summed E-state index contributed by atoms with van der Waals surface area (Å²) >= 11 is 0. The van der Waals surface area contributed by atoms with Crippen LogP contribution >= 0.6 is 0 Å². The number of sulfonamides is 1. The van der Waals surface area contributed by atoms with Crippen LogP contribution in [0.25, 0.3) is 0 Å². The molecule has 0 spiro atoms. The zero-order chi connectivity index (χ0) is 15.3. The standard InChI is InChI=1S/C16H21NO3S/c1-2-16(11-5-12-16)17-21(19,20)15-9-7-14(8-10-15)6-3-4-13-18/h7-10,17-18H,2,4-5,11-13H2,1H3. The highest BCUT2D eigenvalue weighted by Crippen LogP contribution is 2.36. The van der Waals surface area contributed by atoms with Crippen LogP contribution in [0.2, 0.25) is 0 Å². The first kappa shape index (κ1) is 16.0. The smallest absolute Gasteiger partial charge is 0.241 e. The van der Waals surface area contributed by atoms with E-state index in [9.17, 15) is 8.42 Å². The van der Waals surface area contributed by atoms with Crippen molar-refractivity contribution in [3.8, 4) is 11.8 Å². The van der Waals surface area contributed by atoms with Gasteiger partial charge in [0, 0.05) is 17.5 Å². The van der Waals surface area contributed by atoms with E-state index in [1.807, 2.05) is 6.92 Å². The molecule has 4 nitrogen and oxygen atoms in total. The van der Waals surface area contributed by atoms with E-state index in [-0.39, 0.29) is 17.0 Å². The maximum absolute atomic E-state index is 12.4. The van der Waals surface area contributed by atoms with E-state index in [4.69, 9.17) is 5.11 Å². The van der Waals surface area contributed by atoms with E-state index in [0.717, 1.165) is 31.2 Å². The summed E-state index contributed by atoms with van der Waals surface area (Å²) in [5.41, 5.74) is 0.495. The molecule has 1 aromatic carbocycles. The number of hydrogen-bond acceptors (Lipinski definition) is 3. The Morgan fingerprint density at radius 2 is 1.95 bits per heavy atom. The van der Waals surface area contributed by atoms with Gasteiger partial charge in [-0.1, -0.05) is 18.8 Å². The first-order valence-electron chi connectivity index (χ1n) is 7.25. The van der Waals surface area contributed by atoms with Crippen LogP contribution in [0.15, 0.2) is 29.2 Å². The van der Waals surface area contributed by atoms with Crippen LogP contribution in [-0.4, -0.2) is 25.7 Å². The maximum atomic E-state index is 12.4. The third-order valence-electron chi connectivity index (χ3n) is 3.97. The molecule has 1 saturated carbocycles. The van der Waals surface area contributed by atoms with Crippen molar-refractivity contribution in [3.05, 3.63) is 29.8 Å². The topological polar surface area (TPSA) is 66.4 Å². The molecule has 0 unspecified atom stereocenters. The lowest BCUT2D eigenvalue weighted by Gasteiger charge is -2.41. The molecule has 1 aliphatic carbocycles. The average Bonchev–Trinajstić information content (AvgIpc) is 2.44. The number of aliphatic hydroxyl groups is 1. The van der Waals surface area contributed by atoms with Crippen molar-refractivity contribution >= 4 is 10.0 Å². The fraction of sp³-hybridized carbons (Fsp3) is 0.500. The summed E-state index contributed by atoms with van der Waals surface area (Å²) in [4.78, 5) is 0.273. The summed E-state index contributed by atoms with van der Waals surface area (Å²) in [7, 11) is -3.47. The van der Waals surface area contributed by atoms with Crippen molar-refractivity contribution in [1.82, 2.24) is 4.72 Å². The van der Waals surface area contributed by atoms with Gasteiger partial charge in [0.1, 0.15) is 0 Å². The molecule has 0 bridgehead atoms. The lowest BCUT2D eigenvalue weighted by Crippen LogP contribution is -2.52. The Hall–Kier alpha value is -1.35. The van der Waals surface area contributed by atoms with Crippen LogP contribution in [-0.2, 0) is 10.0 Å². The lowest BCUT2D eigenvalue weighted by atomic mass is 9.76. The zero-order valence-electron chi connectivity index (χ0n) is 12.2. The van der Waals surface area contributed by atoms with Gasteiger partial charge in [0.05, 0.1) is 11.5 Å². The van der Waals surface area contributed by atoms with E-state index < -0.39 is 10.0 Å². The number of rotatable bonds is 5. The zero-order valence-corrected chi connectivity index (χ0v) is 13.0. The van der Waals surface area contributed by atoms with Gasteiger partial charge in [-0.15, -0.1) is 0 Å². The van der Waals surface area contributed by atoms with E-state index >= 15 is 0 Å². The molecule has 5 heteroatoms. The molecule has 1 aromatic rings. The van der Waals surface area contributed by atoms with Crippen LogP contribution in [0.4, 0.5) is 0 Å². The van der Waals surface area contributed by atoms with Crippen molar-refractivity contribution in [3.63, 3.8) is 0 Å². The molecule has 2 rings (SSSR count). The number of benzene rings is 1. The minimum atomic E-state index is -3.47. The highest BCUT2D eigenvalue weighted by Gasteiger charge is 2.38. The van der Waals surface area contributed by atoms with E-state index in [1.54, 1.807) is 24.3 Å². The fourth-order valence-electron chi connectivity index (χ4n) is 2.41. The van der Waals surface area contributed by atoms with Gasteiger partial charge in [-0.3, -0.25) is 0 Å². The van der Waals surface area contributed by atoms with Crippen LogP contribution in [0.5, 0.6) is 0 Å². The van der Waals surface area contributed by atoms with Crippen molar-refractivity contribution < 1.29 is 13.5 Å². The van der Waals surface area contributed by atoms with Crippen molar-refractivity contribution in [2.45, 2.75) is 49.5 Å². The second-order valence-electron chi connectivity index (χ2n) is 5.39. The summed E-state index contributed by atoms with van der Waals surface area (Å²) < 4.78 is 27.6. The summed E-state index contributed by atoms with van der Waals surface area (Å²) in [6.07, 6.45) is 4.13. The third-order valence-corrected chi connectivity index (χ3v) is 5.57. The van der Waals surface area contributed by atoms with Crippen LogP contribution < -0.4 is 4.72 Å². The molecule has 114 valence electrons. The molecule has 0 aromatic heterocycles. The summed E-state index contributed by atoms with van der Waals surface area (Å²) in [6.45, 7) is 2.05. The van der Waals surface area contributed by atoms with Gasteiger partial charge >= 0.3 is 0 Å². The molecule has 0 amide bonds. The second kappa shape index (κ2) is 6.61. The fourth-order valence-corrected chi connectivity index (χ4v) is 3.94. The summed E-state index contributed by atoms with van der Waals surface area (Å²) in [5.74, 6) is 5.69. The molecule has 0 aliphatic heterocycles. The van der Waals surface area contributed by atoms with E-state index in [0.29, 0.717) is 6.42 Å². The predicted octanol–water partition coefficient (Wildman–Crippen LogP) is 2.03. The Morgan fingerprint density at radius 3 is 2.43 bits per heavy atom. The van der Waals surface area contributed by atoms with Gasteiger partial charge in [-0.2, -0.15) is 0 Å². The van der Waals surface area contributed by atoms with Gasteiger partial charge < -0.3 is 5.11 Å². The number of hydrogen-bond donors (Lipinski definition) is 2. The molecular weight excluding hydrogens is 286 g/mol. The average molecular weight is 307 g/mol. The minimum Gasteiger partial charge on any atom is -0.395 e. The van der Waals surface area contributed by atoms with Gasteiger partial charge in [0.25, 0.3) is 0 Å². The molecular formula is C16H21NO3S. The predicted molar refractivity (Wildman–Crippen MR) is 82.2 cm³/mol. The quantitative estimate of drug-likeness (QED) is 0.818. The number of nitrogens with one attached hydrogen (secondary N) is 1. The Kier molecular flexibility index (Phi) is 5.04. The van der Waals surface area contributed by atoms with Crippen LogP contribution in [0.3, 0.4) is 0 Å². The van der Waals surface area contributed by atoms with E-state index in [1.165, 1.54) is 0 Å². The first-order valence-corrected chi connectivity index (χ1v) is 8.73. The normalized spacial score (nSPS) is 16.7. The third kappa shape index (κ3) is 3.85. The second-order valence-corrected chi connectivity index (χ2v) is 7.08. The Labute approximate surface area is 126 Å². The summed E-state index contributed by atoms with van der Waals surface area (Å²) in [5, 5.41) is 8.67. The van der Waals surface area contributed by atoms with Crippen molar-refractivity contribution in [2.24, 2.45) is 0 Å². The molecule has 21 heavy (non-hydrogen) atoms. The highest BCUT2D eigenvalue weighted by atomic mass is 32.2. The Morgan fingerprint density at radius 1 is 1.29 bits per heavy atom. The molecule has 2 N–H and O–H groups in total. The molecule has 0 radical (unpaired) electrons. The molecule has 0 heterocycles. The largest absolute Gasteiger partial charge is 0.395 e.